The number of imidazole rings is 1. The number of carbonyl (C=O) groups is 1. The van der Waals surface area contributed by atoms with Crippen molar-refractivity contribution in [2.45, 2.75) is 0 Å². The Kier molecular flexibility index (Phi) is 2.96. The molecule has 0 atom stereocenters. The number of aromatic carboxylic acids is 1. The van der Waals surface area contributed by atoms with Crippen LogP contribution in [0.1, 0.15) is 10.4 Å². The first-order valence-corrected chi connectivity index (χ1v) is 5.97. The van der Waals surface area contributed by atoms with E-state index >= 15 is 0 Å². The lowest BCUT2D eigenvalue weighted by molar-refractivity contribution is 0.0697. The molecule has 3 aromatic rings. The van der Waals surface area contributed by atoms with E-state index in [9.17, 15) is 4.79 Å². The maximum Gasteiger partial charge on any atom is 0.337 e. The number of carboxylic acid groups (broad SMARTS) is 1. The minimum absolute atomic E-state index is 0.0478. The van der Waals surface area contributed by atoms with E-state index in [0.717, 1.165) is 0 Å². The standard InChI is InChI=1S/C12H8ClN5O2/c13-8-3-6(1-2-7(8)12(19)20)18-11-9-10(15-4-14-9)16-5-17-11/h1-5H,(H,19,20)(H2,14,15,16,17,18). The number of hydrogen-bond acceptors (Lipinski definition) is 5. The van der Waals surface area contributed by atoms with Gasteiger partial charge in [-0.3, -0.25) is 0 Å². The summed E-state index contributed by atoms with van der Waals surface area (Å²) in [6.07, 6.45) is 2.91. The second-order valence-corrected chi connectivity index (χ2v) is 4.36. The predicted octanol–water partition coefficient (Wildman–Crippen LogP) is 2.45. The van der Waals surface area contributed by atoms with E-state index in [4.69, 9.17) is 16.7 Å². The van der Waals surface area contributed by atoms with Gasteiger partial charge in [0.05, 0.1) is 16.9 Å². The number of rotatable bonds is 3. The maximum absolute atomic E-state index is 10.9. The van der Waals surface area contributed by atoms with Crippen LogP contribution in [-0.4, -0.2) is 31.0 Å². The molecule has 0 aliphatic heterocycles. The first-order valence-electron chi connectivity index (χ1n) is 5.59. The quantitative estimate of drug-likeness (QED) is 0.684. The Labute approximate surface area is 117 Å². The second kappa shape index (κ2) is 4.78. The molecule has 3 N–H and O–H groups in total. The van der Waals surface area contributed by atoms with Crippen LogP contribution in [0, 0.1) is 0 Å². The Bertz CT molecular complexity index is 801. The minimum Gasteiger partial charge on any atom is -0.478 e. The van der Waals surface area contributed by atoms with E-state index in [1.54, 1.807) is 6.07 Å². The van der Waals surface area contributed by atoms with Crippen molar-refractivity contribution in [1.29, 1.82) is 0 Å². The SMILES string of the molecule is O=C(O)c1ccc(Nc2ncnc3nc[nH]c23)cc1Cl. The first kappa shape index (κ1) is 12.4. The zero-order valence-electron chi connectivity index (χ0n) is 9.96. The van der Waals surface area contributed by atoms with E-state index in [2.05, 4.69) is 25.3 Å². The van der Waals surface area contributed by atoms with Crippen LogP contribution in [0.15, 0.2) is 30.9 Å². The summed E-state index contributed by atoms with van der Waals surface area (Å²) in [5, 5.41) is 12.1. The van der Waals surface area contributed by atoms with Crippen molar-refractivity contribution < 1.29 is 9.90 Å². The van der Waals surface area contributed by atoms with E-state index < -0.39 is 5.97 Å². The van der Waals surface area contributed by atoms with E-state index in [-0.39, 0.29) is 10.6 Å². The third kappa shape index (κ3) is 2.14. The normalized spacial score (nSPS) is 10.7. The fraction of sp³-hybridized carbons (Fsp3) is 0. The van der Waals surface area contributed by atoms with Gasteiger partial charge in [-0.2, -0.15) is 0 Å². The molecule has 100 valence electrons. The molecule has 7 nitrogen and oxygen atoms in total. The molecule has 8 heteroatoms. The number of fused-ring (bicyclic) bond motifs is 1. The largest absolute Gasteiger partial charge is 0.478 e. The molecule has 0 aliphatic carbocycles. The zero-order chi connectivity index (χ0) is 14.1. The molecule has 2 aromatic heterocycles. The van der Waals surface area contributed by atoms with Crippen LogP contribution in [0.3, 0.4) is 0 Å². The van der Waals surface area contributed by atoms with Crippen molar-refractivity contribution in [1.82, 2.24) is 19.9 Å². The Morgan fingerprint density at radius 2 is 2.15 bits per heavy atom. The maximum atomic E-state index is 10.9. The molecular weight excluding hydrogens is 282 g/mol. The van der Waals surface area contributed by atoms with Gasteiger partial charge in [0.1, 0.15) is 11.8 Å². The number of anilines is 2. The number of hydrogen-bond donors (Lipinski definition) is 3. The van der Waals surface area contributed by atoms with Crippen LogP contribution in [0.4, 0.5) is 11.5 Å². The molecule has 0 amide bonds. The summed E-state index contributed by atoms with van der Waals surface area (Å²) < 4.78 is 0. The van der Waals surface area contributed by atoms with Crippen LogP contribution < -0.4 is 5.32 Å². The molecule has 0 bridgehead atoms. The average molecular weight is 290 g/mol. The highest BCUT2D eigenvalue weighted by atomic mass is 35.5. The van der Waals surface area contributed by atoms with Crippen LogP contribution in [0.25, 0.3) is 11.2 Å². The van der Waals surface area contributed by atoms with Gasteiger partial charge in [-0.05, 0) is 18.2 Å². The average Bonchev–Trinajstić information content (AvgIpc) is 2.87. The zero-order valence-corrected chi connectivity index (χ0v) is 10.7. The van der Waals surface area contributed by atoms with Gasteiger partial charge in [-0.15, -0.1) is 0 Å². The Morgan fingerprint density at radius 3 is 2.90 bits per heavy atom. The fourth-order valence-corrected chi connectivity index (χ4v) is 2.02. The van der Waals surface area contributed by atoms with Crippen LogP contribution in [0.5, 0.6) is 0 Å². The van der Waals surface area contributed by atoms with Crippen LogP contribution in [0.2, 0.25) is 5.02 Å². The molecule has 3 rings (SSSR count). The molecule has 0 saturated heterocycles. The van der Waals surface area contributed by atoms with Gasteiger partial charge >= 0.3 is 5.97 Å². The minimum atomic E-state index is -1.07. The fourth-order valence-electron chi connectivity index (χ4n) is 1.76. The van der Waals surface area contributed by atoms with Gasteiger partial charge in [-0.1, -0.05) is 11.6 Å². The van der Waals surface area contributed by atoms with Gasteiger partial charge < -0.3 is 15.4 Å². The number of carboxylic acids is 1. The van der Waals surface area contributed by atoms with E-state index in [1.807, 2.05) is 0 Å². The highest BCUT2D eigenvalue weighted by molar-refractivity contribution is 6.33. The van der Waals surface area contributed by atoms with E-state index in [0.29, 0.717) is 22.7 Å². The van der Waals surface area contributed by atoms with Crippen LogP contribution >= 0.6 is 11.6 Å². The van der Waals surface area contributed by atoms with Gasteiger partial charge in [0.25, 0.3) is 0 Å². The Morgan fingerprint density at radius 1 is 1.30 bits per heavy atom. The summed E-state index contributed by atoms with van der Waals surface area (Å²) in [5.74, 6) is -0.536. The van der Waals surface area contributed by atoms with Gasteiger partial charge in [0.2, 0.25) is 0 Å². The topological polar surface area (TPSA) is 104 Å². The van der Waals surface area contributed by atoms with Crippen molar-refractivity contribution in [3.8, 4) is 0 Å². The summed E-state index contributed by atoms with van der Waals surface area (Å²) in [6, 6.07) is 4.56. The lowest BCUT2D eigenvalue weighted by atomic mass is 10.2. The lowest BCUT2D eigenvalue weighted by Gasteiger charge is -2.07. The Balaban J connectivity index is 1.97. The number of aromatic nitrogens is 4. The van der Waals surface area contributed by atoms with Crippen LogP contribution in [-0.2, 0) is 0 Å². The van der Waals surface area contributed by atoms with Crippen molar-refractivity contribution in [3.05, 3.63) is 41.4 Å². The predicted molar refractivity (Wildman–Crippen MR) is 73.4 cm³/mol. The molecular formula is C12H8ClN5O2. The monoisotopic (exact) mass is 289 g/mol. The molecule has 0 radical (unpaired) electrons. The molecule has 0 unspecified atom stereocenters. The molecule has 2 heterocycles. The van der Waals surface area contributed by atoms with Gasteiger partial charge in [0, 0.05) is 5.69 Å². The molecule has 0 aliphatic rings. The summed E-state index contributed by atoms with van der Waals surface area (Å²) in [5.41, 5.74) is 1.86. The number of aromatic amines is 1. The number of H-pyrrole nitrogens is 1. The molecule has 1 aromatic carbocycles. The summed E-state index contributed by atoms with van der Waals surface area (Å²) >= 11 is 5.91. The molecule has 0 saturated carbocycles. The summed E-state index contributed by atoms with van der Waals surface area (Å²) in [4.78, 5) is 26.0. The lowest BCUT2D eigenvalue weighted by Crippen LogP contribution is -2.00. The van der Waals surface area contributed by atoms with Crippen molar-refractivity contribution in [2.24, 2.45) is 0 Å². The number of nitrogens with one attached hydrogen (secondary N) is 2. The number of nitrogens with zero attached hydrogens (tertiary/aromatic N) is 3. The number of halogens is 1. The highest BCUT2D eigenvalue weighted by Crippen LogP contribution is 2.25. The third-order valence-electron chi connectivity index (χ3n) is 2.69. The van der Waals surface area contributed by atoms with E-state index in [1.165, 1.54) is 24.8 Å². The Hall–Kier alpha value is -2.67. The third-order valence-corrected chi connectivity index (χ3v) is 3.00. The summed E-state index contributed by atoms with van der Waals surface area (Å²) in [6.45, 7) is 0. The van der Waals surface area contributed by atoms with Crippen molar-refractivity contribution in [2.75, 3.05) is 5.32 Å². The smallest absolute Gasteiger partial charge is 0.337 e. The first-order chi connectivity index (χ1) is 9.65. The highest BCUT2D eigenvalue weighted by Gasteiger charge is 2.10. The van der Waals surface area contributed by atoms with Gasteiger partial charge in [0.15, 0.2) is 11.5 Å². The molecule has 0 spiro atoms. The van der Waals surface area contributed by atoms with Crippen molar-refractivity contribution in [3.63, 3.8) is 0 Å². The second-order valence-electron chi connectivity index (χ2n) is 3.95. The number of benzene rings is 1. The van der Waals surface area contributed by atoms with Crippen molar-refractivity contribution >= 4 is 40.2 Å². The van der Waals surface area contributed by atoms with Gasteiger partial charge in [-0.25, -0.2) is 19.7 Å². The molecule has 20 heavy (non-hydrogen) atoms. The molecule has 0 fully saturated rings. The summed E-state index contributed by atoms with van der Waals surface area (Å²) in [7, 11) is 0.